The molecule has 1 atom stereocenters. The Labute approximate surface area is 201 Å². The molecule has 0 fully saturated rings. The molecule has 0 saturated carbocycles. The fourth-order valence-corrected chi connectivity index (χ4v) is 4.33. The van der Waals surface area contributed by atoms with Gasteiger partial charge in [-0.3, -0.25) is 4.68 Å². The van der Waals surface area contributed by atoms with Crippen molar-refractivity contribution in [2.24, 2.45) is 7.05 Å². The van der Waals surface area contributed by atoms with Crippen LogP contribution in [0.5, 0.6) is 11.5 Å². The maximum absolute atomic E-state index is 6.33. The van der Waals surface area contributed by atoms with E-state index in [0.717, 1.165) is 34.4 Å². The van der Waals surface area contributed by atoms with Crippen LogP contribution >= 0.6 is 0 Å². The van der Waals surface area contributed by atoms with E-state index in [-0.39, 0.29) is 6.10 Å². The van der Waals surface area contributed by atoms with E-state index in [0.29, 0.717) is 25.2 Å². The summed E-state index contributed by atoms with van der Waals surface area (Å²) in [6.45, 7) is 1.37. The Kier molecular flexibility index (Phi) is 5.25. The van der Waals surface area contributed by atoms with Crippen LogP contribution in [0.15, 0.2) is 67.1 Å². The summed E-state index contributed by atoms with van der Waals surface area (Å²) >= 11 is 0. The standard InChI is InChI=1S/C25H24N8O2/c1-31-15-18(13-27-31)21-9-10-23-28-29-24(33(23)30-21)12-20-16-32(25-22(35-20)4-3-11-26-25)14-17-5-7-19(34-2)8-6-17/h3-11,13,15,20H,12,14,16H2,1-2H3. The lowest BCUT2D eigenvalue weighted by Gasteiger charge is -2.35. The van der Waals surface area contributed by atoms with Gasteiger partial charge in [-0.05, 0) is 42.0 Å². The number of hydrogen-bond acceptors (Lipinski definition) is 8. The fourth-order valence-electron chi connectivity index (χ4n) is 4.33. The van der Waals surface area contributed by atoms with Crippen LogP contribution in [0.2, 0.25) is 0 Å². The van der Waals surface area contributed by atoms with E-state index in [2.05, 4.69) is 37.3 Å². The van der Waals surface area contributed by atoms with Crippen molar-refractivity contribution in [3.8, 4) is 22.8 Å². The van der Waals surface area contributed by atoms with Crippen molar-refractivity contribution in [2.45, 2.75) is 19.1 Å². The maximum Gasteiger partial charge on any atom is 0.177 e. The Morgan fingerprint density at radius 3 is 2.77 bits per heavy atom. The third-order valence-electron chi connectivity index (χ3n) is 6.04. The van der Waals surface area contributed by atoms with E-state index >= 15 is 0 Å². The molecule has 176 valence electrons. The number of rotatable bonds is 6. The highest BCUT2D eigenvalue weighted by atomic mass is 16.5. The average molecular weight is 469 g/mol. The number of aromatic nitrogens is 7. The smallest absolute Gasteiger partial charge is 0.177 e. The van der Waals surface area contributed by atoms with Crippen molar-refractivity contribution >= 4 is 11.5 Å². The van der Waals surface area contributed by atoms with Gasteiger partial charge in [0.2, 0.25) is 0 Å². The van der Waals surface area contributed by atoms with Crippen LogP contribution in [-0.2, 0) is 20.0 Å². The summed E-state index contributed by atoms with van der Waals surface area (Å²) in [5.41, 5.74) is 3.61. The van der Waals surface area contributed by atoms with Gasteiger partial charge in [-0.15, -0.1) is 10.2 Å². The van der Waals surface area contributed by atoms with Crippen molar-refractivity contribution in [2.75, 3.05) is 18.6 Å². The molecule has 35 heavy (non-hydrogen) atoms. The first-order valence-electron chi connectivity index (χ1n) is 11.4. The quantitative estimate of drug-likeness (QED) is 0.375. The molecular formula is C25H24N8O2. The molecule has 1 aromatic carbocycles. The summed E-state index contributed by atoms with van der Waals surface area (Å²) in [5, 5.41) is 17.7. The molecule has 10 heteroatoms. The molecule has 0 N–H and O–H groups in total. The molecule has 0 bridgehead atoms. The van der Waals surface area contributed by atoms with E-state index in [4.69, 9.17) is 14.6 Å². The van der Waals surface area contributed by atoms with E-state index in [1.54, 1.807) is 28.7 Å². The van der Waals surface area contributed by atoms with Crippen molar-refractivity contribution in [1.29, 1.82) is 0 Å². The molecule has 5 heterocycles. The Bertz CT molecular complexity index is 1480. The van der Waals surface area contributed by atoms with Crippen LogP contribution < -0.4 is 14.4 Å². The third kappa shape index (κ3) is 4.14. The fraction of sp³-hybridized carbons (Fsp3) is 0.240. The van der Waals surface area contributed by atoms with Crippen molar-refractivity contribution in [1.82, 2.24) is 34.6 Å². The summed E-state index contributed by atoms with van der Waals surface area (Å²) in [6, 6.07) is 15.8. The van der Waals surface area contributed by atoms with Crippen LogP contribution in [-0.4, -0.2) is 54.3 Å². The second kappa shape index (κ2) is 8.71. The molecule has 0 radical (unpaired) electrons. The van der Waals surface area contributed by atoms with Gasteiger partial charge in [0.15, 0.2) is 23.0 Å². The highest BCUT2D eigenvalue weighted by Gasteiger charge is 2.28. The van der Waals surface area contributed by atoms with Gasteiger partial charge in [-0.1, -0.05) is 12.1 Å². The van der Waals surface area contributed by atoms with Gasteiger partial charge in [0, 0.05) is 38.0 Å². The zero-order valence-corrected chi connectivity index (χ0v) is 19.4. The van der Waals surface area contributed by atoms with E-state index in [9.17, 15) is 0 Å². The van der Waals surface area contributed by atoms with Crippen LogP contribution in [0, 0.1) is 0 Å². The molecule has 4 aromatic heterocycles. The monoisotopic (exact) mass is 468 g/mol. The normalized spacial score (nSPS) is 15.1. The lowest BCUT2D eigenvalue weighted by atomic mass is 10.1. The van der Waals surface area contributed by atoms with Crippen LogP contribution in [0.3, 0.4) is 0 Å². The highest BCUT2D eigenvalue weighted by Crippen LogP contribution is 2.33. The molecule has 10 nitrogen and oxygen atoms in total. The molecule has 6 rings (SSSR count). The topological polar surface area (TPSA) is 95.5 Å². The van der Waals surface area contributed by atoms with E-state index in [1.807, 2.05) is 49.6 Å². The number of fused-ring (bicyclic) bond motifs is 2. The van der Waals surface area contributed by atoms with Gasteiger partial charge < -0.3 is 14.4 Å². The molecule has 0 amide bonds. The molecule has 1 aliphatic heterocycles. The van der Waals surface area contributed by atoms with E-state index in [1.165, 1.54) is 5.56 Å². The minimum Gasteiger partial charge on any atom is -0.497 e. The van der Waals surface area contributed by atoms with Gasteiger partial charge in [0.05, 0.1) is 25.5 Å². The number of aryl methyl sites for hydroxylation is 1. The molecule has 0 saturated heterocycles. The highest BCUT2D eigenvalue weighted by molar-refractivity contribution is 5.58. The summed E-state index contributed by atoms with van der Waals surface area (Å²) in [4.78, 5) is 6.82. The van der Waals surface area contributed by atoms with Gasteiger partial charge in [-0.25, -0.2) is 4.98 Å². The van der Waals surface area contributed by atoms with Gasteiger partial charge in [0.25, 0.3) is 0 Å². The minimum absolute atomic E-state index is 0.138. The molecule has 1 unspecified atom stereocenters. The molecular weight excluding hydrogens is 444 g/mol. The number of ether oxygens (including phenoxy) is 2. The van der Waals surface area contributed by atoms with Crippen LogP contribution in [0.25, 0.3) is 16.9 Å². The third-order valence-corrected chi connectivity index (χ3v) is 6.04. The predicted octanol–water partition coefficient (Wildman–Crippen LogP) is 2.94. The Morgan fingerprint density at radius 1 is 1.09 bits per heavy atom. The first-order valence-corrected chi connectivity index (χ1v) is 11.4. The Morgan fingerprint density at radius 2 is 1.97 bits per heavy atom. The molecule has 0 spiro atoms. The Balaban J connectivity index is 1.27. The average Bonchev–Trinajstić information content (AvgIpc) is 3.50. The second-order valence-corrected chi connectivity index (χ2v) is 8.51. The molecule has 1 aliphatic rings. The summed E-state index contributed by atoms with van der Waals surface area (Å²) < 4.78 is 15.2. The first kappa shape index (κ1) is 21.1. The van der Waals surface area contributed by atoms with E-state index < -0.39 is 0 Å². The van der Waals surface area contributed by atoms with Gasteiger partial charge >= 0.3 is 0 Å². The second-order valence-electron chi connectivity index (χ2n) is 8.51. The number of benzene rings is 1. The minimum atomic E-state index is -0.138. The number of methoxy groups -OCH3 is 1. The SMILES string of the molecule is COc1ccc(CN2CC(Cc3nnc4ccc(-c5cnn(C)c5)nn34)Oc3cccnc32)cc1. The maximum atomic E-state index is 6.33. The zero-order chi connectivity index (χ0) is 23.8. The summed E-state index contributed by atoms with van der Waals surface area (Å²) in [6.07, 6.45) is 5.94. The molecule has 5 aromatic rings. The first-order chi connectivity index (χ1) is 17.2. The van der Waals surface area contributed by atoms with Gasteiger partial charge in [-0.2, -0.15) is 14.7 Å². The number of pyridine rings is 1. The van der Waals surface area contributed by atoms with Crippen molar-refractivity contribution < 1.29 is 9.47 Å². The van der Waals surface area contributed by atoms with Gasteiger partial charge in [0.1, 0.15) is 11.9 Å². The van der Waals surface area contributed by atoms with Crippen LogP contribution in [0.1, 0.15) is 11.4 Å². The summed E-state index contributed by atoms with van der Waals surface area (Å²) in [5.74, 6) is 3.18. The largest absolute Gasteiger partial charge is 0.497 e. The number of hydrogen-bond donors (Lipinski definition) is 0. The van der Waals surface area contributed by atoms with Crippen molar-refractivity contribution in [3.05, 3.63) is 78.5 Å². The molecule has 0 aliphatic carbocycles. The number of nitrogens with zero attached hydrogens (tertiary/aromatic N) is 8. The van der Waals surface area contributed by atoms with Crippen LogP contribution in [0.4, 0.5) is 5.82 Å². The lowest BCUT2D eigenvalue weighted by molar-refractivity contribution is 0.188. The predicted molar refractivity (Wildman–Crippen MR) is 129 cm³/mol. The Hall–Kier alpha value is -4.47. The zero-order valence-electron chi connectivity index (χ0n) is 19.4. The van der Waals surface area contributed by atoms with Crippen molar-refractivity contribution in [3.63, 3.8) is 0 Å². The number of anilines is 1. The lowest BCUT2D eigenvalue weighted by Crippen LogP contribution is -2.41. The summed E-state index contributed by atoms with van der Waals surface area (Å²) in [7, 11) is 3.56.